The fourth-order valence-electron chi connectivity index (χ4n) is 4.67. The number of allylic oxidation sites excluding steroid dienone is 1. The Hall–Kier alpha value is -3.74. The van der Waals surface area contributed by atoms with Crippen molar-refractivity contribution in [1.29, 1.82) is 0 Å². The third kappa shape index (κ3) is 3.75. The van der Waals surface area contributed by atoms with Gasteiger partial charge in [-0.15, -0.1) is 0 Å². The summed E-state index contributed by atoms with van der Waals surface area (Å²) in [7, 11) is 1.99. The van der Waals surface area contributed by atoms with E-state index in [1.807, 2.05) is 67.2 Å². The zero-order valence-corrected chi connectivity index (χ0v) is 20.0. The van der Waals surface area contributed by atoms with Crippen molar-refractivity contribution in [2.45, 2.75) is 20.1 Å². The molecule has 0 aliphatic carbocycles. The molecule has 0 N–H and O–H groups in total. The number of Topliss-reactive ketones (excluding diaryl/α,β-unsaturated/α-hetero) is 1. The van der Waals surface area contributed by atoms with Crippen LogP contribution >= 0.6 is 11.6 Å². The Morgan fingerprint density at radius 2 is 2.00 bits per heavy atom. The number of hydrogen-bond donors (Lipinski definition) is 0. The van der Waals surface area contributed by atoms with E-state index in [1.54, 1.807) is 12.1 Å². The van der Waals surface area contributed by atoms with Gasteiger partial charge in [0.2, 0.25) is 5.78 Å². The van der Waals surface area contributed by atoms with Gasteiger partial charge in [0.25, 0.3) is 0 Å². The predicted molar refractivity (Wildman–Crippen MR) is 133 cm³/mol. The molecular formula is C28H22ClNO5. The van der Waals surface area contributed by atoms with Crippen molar-refractivity contribution >= 4 is 34.4 Å². The van der Waals surface area contributed by atoms with Crippen molar-refractivity contribution in [3.8, 4) is 17.2 Å². The van der Waals surface area contributed by atoms with E-state index in [4.69, 9.17) is 30.5 Å². The summed E-state index contributed by atoms with van der Waals surface area (Å²) in [6, 6.07) is 15.3. The highest BCUT2D eigenvalue weighted by Crippen LogP contribution is 2.40. The summed E-state index contributed by atoms with van der Waals surface area (Å²) in [5.41, 5.74) is 5.05. The number of carbonyl (C=O) groups excluding carboxylic acids is 1. The number of carbonyl (C=O) groups is 1. The highest BCUT2D eigenvalue weighted by molar-refractivity contribution is 6.30. The Bertz CT molecular complexity index is 1530. The molecule has 3 heterocycles. The first-order chi connectivity index (χ1) is 17.0. The maximum absolute atomic E-state index is 13.1. The van der Waals surface area contributed by atoms with Crippen LogP contribution in [0.2, 0.25) is 5.02 Å². The largest absolute Gasteiger partial charge is 0.488 e. The summed E-state index contributed by atoms with van der Waals surface area (Å²) in [6.45, 7) is 2.79. The molecule has 7 heteroatoms. The molecule has 2 aliphatic heterocycles. The van der Waals surface area contributed by atoms with Crippen LogP contribution in [0.3, 0.4) is 0 Å². The number of rotatable bonds is 4. The molecule has 0 radical (unpaired) electrons. The molecule has 6 nitrogen and oxygen atoms in total. The molecule has 0 bridgehead atoms. The lowest BCUT2D eigenvalue weighted by Crippen LogP contribution is -2.14. The standard InChI is InChI=1S/C28H22ClNO5/c1-16-24(33-14-19-10-20(29)9-18-13-32-15-34-28(18)19)8-7-22-26(31)25(35-27(16)22)11-17-12-30(2)23-6-4-3-5-21(17)23/h3-12H,13-15H2,1-2H3/b25-11-. The van der Waals surface area contributed by atoms with Gasteiger partial charge >= 0.3 is 0 Å². The van der Waals surface area contributed by atoms with E-state index in [0.717, 1.165) is 38.9 Å². The first-order valence-corrected chi connectivity index (χ1v) is 11.6. The Kier molecular flexibility index (Phi) is 5.28. The lowest BCUT2D eigenvalue weighted by atomic mass is 10.1. The molecule has 176 valence electrons. The number of nitrogens with zero attached hydrogens (tertiary/aromatic N) is 1. The Balaban J connectivity index is 1.28. The summed E-state index contributed by atoms with van der Waals surface area (Å²) in [4.78, 5) is 13.1. The van der Waals surface area contributed by atoms with Gasteiger partial charge in [-0.3, -0.25) is 4.79 Å². The molecule has 0 amide bonds. The molecule has 0 saturated carbocycles. The number of hydrogen-bond acceptors (Lipinski definition) is 5. The van der Waals surface area contributed by atoms with Gasteiger partial charge in [0.15, 0.2) is 12.6 Å². The van der Waals surface area contributed by atoms with Crippen LogP contribution in [0.15, 0.2) is 60.5 Å². The fourth-order valence-corrected chi connectivity index (χ4v) is 4.94. The number of fused-ring (bicyclic) bond motifs is 3. The zero-order chi connectivity index (χ0) is 24.1. The van der Waals surface area contributed by atoms with Gasteiger partial charge in [0.1, 0.15) is 23.9 Å². The van der Waals surface area contributed by atoms with Crippen LogP contribution in [0.5, 0.6) is 17.2 Å². The smallest absolute Gasteiger partial charge is 0.231 e. The van der Waals surface area contributed by atoms with Crippen molar-refractivity contribution < 1.29 is 23.7 Å². The monoisotopic (exact) mass is 487 g/mol. The van der Waals surface area contributed by atoms with Crippen molar-refractivity contribution in [2.24, 2.45) is 7.05 Å². The Morgan fingerprint density at radius 3 is 2.89 bits per heavy atom. The molecule has 3 aromatic carbocycles. The minimum atomic E-state index is -0.139. The summed E-state index contributed by atoms with van der Waals surface area (Å²) < 4.78 is 25.3. The van der Waals surface area contributed by atoms with Gasteiger partial charge in [0.05, 0.1) is 12.2 Å². The van der Waals surface area contributed by atoms with Gasteiger partial charge in [-0.1, -0.05) is 29.8 Å². The van der Waals surface area contributed by atoms with E-state index in [0.29, 0.717) is 34.5 Å². The molecule has 0 unspecified atom stereocenters. The third-order valence-electron chi connectivity index (χ3n) is 6.39. The average molecular weight is 488 g/mol. The molecule has 35 heavy (non-hydrogen) atoms. The number of para-hydroxylation sites is 1. The molecule has 4 aromatic rings. The fraction of sp³-hybridized carbons (Fsp3) is 0.179. The number of aromatic nitrogens is 1. The van der Waals surface area contributed by atoms with E-state index < -0.39 is 0 Å². The average Bonchev–Trinajstić information content (AvgIpc) is 3.35. The van der Waals surface area contributed by atoms with E-state index >= 15 is 0 Å². The molecule has 0 atom stereocenters. The minimum absolute atomic E-state index is 0.139. The van der Waals surface area contributed by atoms with Gasteiger partial charge in [0, 0.05) is 51.4 Å². The maximum atomic E-state index is 13.1. The summed E-state index contributed by atoms with van der Waals surface area (Å²) in [5, 5.41) is 1.66. The van der Waals surface area contributed by atoms with Crippen LogP contribution in [0, 0.1) is 6.92 Å². The van der Waals surface area contributed by atoms with E-state index in [2.05, 4.69) is 0 Å². The summed E-state index contributed by atoms with van der Waals surface area (Å²) in [5.74, 6) is 2.06. The van der Waals surface area contributed by atoms with Crippen LogP contribution in [0.1, 0.15) is 32.6 Å². The number of ketones is 1. The second kappa shape index (κ2) is 8.48. The first kappa shape index (κ1) is 21.8. The third-order valence-corrected chi connectivity index (χ3v) is 6.60. The zero-order valence-electron chi connectivity index (χ0n) is 19.3. The number of aryl methyl sites for hydroxylation is 1. The predicted octanol–water partition coefficient (Wildman–Crippen LogP) is 6.20. The van der Waals surface area contributed by atoms with E-state index in [1.165, 1.54) is 0 Å². The Labute approximate surface area is 207 Å². The molecule has 1 aromatic heterocycles. The second-order valence-corrected chi connectivity index (χ2v) is 9.11. The SMILES string of the molecule is Cc1c(OCc2cc(Cl)cc3c2OCOC3)ccc2c1O/C(=C\c1cn(C)c3ccccc13)C2=O. The molecule has 6 rings (SSSR count). The number of benzene rings is 3. The highest BCUT2D eigenvalue weighted by atomic mass is 35.5. The van der Waals surface area contributed by atoms with Crippen molar-refractivity contribution in [3.05, 3.63) is 93.3 Å². The maximum Gasteiger partial charge on any atom is 0.231 e. The van der Waals surface area contributed by atoms with Gasteiger partial charge in [-0.2, -0.15) is 0 Å². The van der Waals surface area contributed by atoms with Crippen LogP contribution < -0.4 is 14.2 Å². The summed E-state index contributed by atoms with van der Waals surface area (Å²) >= 11 is 6.28. The topological polar surface area (TPSA) is 58.9 Å². The highest BCUT2D eigenvalue weighted by Gasteiger charge is 2.30. The molecular weight excluding hydrogens is 466 g/mol. The van der Waals surface area contributed by atoms with Crippen molar-refractivity contribution in [2.75, 3.05) is 6.79 Å². The lowest BCUT2D eigenvalue weighted by Gasteiger charge is -2.21. The van der Waals surface area contributed by atoms with Crippen molar-refractivity contribution in [3.63, 3.8) is 0 Å². The molecule has 0 spiro atoms. The van der Waals surface area contributed by atoms with Gasteiger partial charge < -0.3 is 23.5 Å². The summed E-state index contributed by atoms with van der Waals surface area (Å²) in [6.07, 6.45) is 3.81. The van der Waals surface area contributed by atoms with Crippen LogP contribution in [-0.2, 0) is 25.0 Å². The van der Waals surface area contributed by atoms with E-state index in [-0.39, 0.29) is 19.2 Å². The molecule has 0 fully saturated rings. The molecule has 0 saturated heterocycles. The van der Waals surface area contributed by atoms with Gasteiger partial charge in [-0.25, -0.2) is 0 Å². The Morgan fingerprint density at radius 1 is 1.14 bits per heavy atom. The second-order valence-electron chi connectivity index (χ2n) is 8.67. The molecule has 2 aliphatic rings. The van der Waals surface area contributed by atoms with Gasteiger partial charge in [-0.05, 0) is 43.3 Å². The quantitative estimate of drug-likeness (QED) is 0.321. The number of halogens is 1. The van der Waals surface area contributed by atoms with Crippen LogP contribution in [0.25, 0.3) is 17.0 Å². The minimum Gasteiger partial charge on any atom is -0.488 e. The van der Waals surface area contributed by atoms with Crippen LogP contribution in [0.4, 0.5) is 0 Å². The first-order valence-electron chi connectivity index (χ1n) is 11.3. The van der Waals surface area contributed by atoms with Crippen LogP contribution in [-0.4, -0.2) is 17.1 Å². The lowest BCUT2D eigenvalue weighted by molar-refractivity contribution is -0.0175. The number of ether oxygens (including phenoxy) is 4. The van der Waals surface area contributed by atoms with E-state index in [9.17, 15) is 4.79 Å². The normalized spacial score (nSPS) is 15.6. The van der Waals surface area contributed by atoms with Crippen molar-refractivity contribution in [1.82, 2.24) is 4.57 Å².